The van der Waals surface area contributed by atoms with Gasteiger partial charge in [-0.15, -0.1) is 0 Å². The zero-order valence-corrected chi connectivity index (χ0v) is 12.5. The number of aromatic amines is 1. The molecule has 0 saturated heterocycles. The van der Waals surface area contributed by atoms with Gasteiger partial charge < -0.3 is 10.7 Å². The first-order valence-electron chi connectivity index (χ1n) is 6.23. The molecule has 1 heterocycles. The summed E-state index contributed by atoms with van der Waals surface area (Å²) in [6.45, 7) is 1.93. The Kier molecular flexibility index (Phi) is 3.10. The Hall–Kier alpha value is -2.07. The Morgan fingerprint density at radius 2 is 2.00 bits per heavy atom. The first kappa shape index (κ1) is 12.9. The Morgan fingerprint density at radius 3 is 2.75 bits per heavy atom. The van der Waals surface area contributed by atoms with Crippen LogP contribution >= 0.6 is 15.9 Å². The van der Waals surface area contributed by atoms with E-state index in [0.29, 0.717) is 16.8 Å². The number of hydrogen-bond donors (Lipinski definition) is 2. The highest BCUT2D eigenvalue weighted by Crippen LogP contribution is 2.25. The van der Waals surface area contributed by atoms with E-state index in [4.69, 9.17) is 5.73 Å². The van der Waals surface area contributed by atoms with Gasteiger partial charge >= 0.3 is 0 Å². The number of hydrogen-bond acceptors (Lipinski definition) is 2. The van der Waals surface area contributed by atoms with Crippen molar-refractivity contribution in [3.8, 4) is 0 Å². The minimum Gasteiger partial charge on any atom is -0.399 e. The number of H-pyrrole nitrogens is 1. The quantitative estimate of drug-likeness (QED) is 0.550. The molecule has 2 aromatic carbocycles. The van der Waals surface area contributed by atoms with E-state index in [1.54, 1.807) is 12.3 Å². The molecule has 3 aromatic rings. The zero-order valence-electron chi connectivity index (χ0n) is 10.9. The topological polar surface area (TPSA) is 58.9 Å². The fourth-order valence-electron chi connectivity index (χ4n) is 2.39. The first-order chi connectivity index (χ1) is 9.54. The lowest BCUT2D eigenvalue weighted by atomic mass is 10.0. The molecule has 0 saturated carbocycles. The number of fused-ring (bicyclic) bond motifs is 1. The molecule has 3 rings (SSSR count). The van der Waals surface area contributed by atoms with Crippen LogP contribution in [0.15, 0.2) is 47.1 Å². The molecule has 0 atom stereocenters. The number of aromatic nitrogens is 1. The monoisotopic (exact) mass is 328 g/mol. The van der Waals surface area contributed by atoms with Crippen molar-refractivity contribution in [3.05, 3.63) is 63.8 Å². The number of nitrogens with two attached hydrogens (primary N) is 1. The minimum absolute atomic E-state index is 0.0195. The maximum Gasteiger partial charge on any atom is 0.195 e. The molecule has 0 radical (unpaired) electrons. The maximum atomic E-state index is 12.6. The molecule has 0 aliphatic rings. The van der Waals surface area contributed by atoms with E-state index < -0.39 is 0 Å². The van der Waals surface area contributed by atoms with E-state index in [2.05, 4.69) is 20.9 Å². The standard InChI is InChI=1S/C16H13BrN2O/c1-9-4-10(6-12(18)5-9)16(20)14-8-19-15-7-11(17)2-3-13(14)15/h2-8,19H,18H2,1H3. The summed E-state index contributed by atoms with van der Waals surface area (Å²) in [6, 6.07) is 11.2. The van der Waals surface area contributed by atoms with Crippen molar-refractivity contribution in [2.45, 2.75) is 6.92 Å². The fourth-order valence-corrected chi connectivity index (χ4v) is 2.75. The number of halogens is 1. The van der Waals surface area contributed by atoms with Crippen molar-refractivity contribution in [1.82, 2.24) is 4.98 Å². The van der Waals surface area contributed by atoms with Crippen molar-refractivity contribution >= 4 is 38.3 Å². The highest BCUT2D eigenvalue weighted by atomic mass is 79.9. The van der Waals surface area contributed by atoms with Gasteiger partial charge in [-0.3, -0.25) is 4.79 Å². The number of rotatable bonds is 2. The van der Waals surface area contributed by atoms with Gasteiger partial charge in [0.05, 0.1) is 0 Å². The first-order valence-corrected chi connectivity index (χ1v) is 7.02. The van der Waals surface area contributed by atoms with E-state index in [1.807, 2.05) is 37.3 Å². The molecule has 4 heteroatoms. The number of nitrogen functional groups attached to an aromatic ring is 1. The van der Waals surface area contributed by atoms with Crippen LogP contribution in [0.5, 0.6) is 0 Å². The highest BCUT2D eigenvalue weighted by Gasteiger charge is 2.15. The van der Waals surface area contributed by atoms with E-state index in [0.717, 1.165) is 20.9 Å². The summed E-state index contributed by atoms with van der Waals surface area (Å²) in [5, 5.41) is 0.915. The smallest absolute Gasteiger partial charge is 0.195 e. The van der Waals surface area contributed by atoms with Crippen LogP contribution in [0.4, 0.5) is 5.69 Å². The van der Waals surface area contributed by atoms with Crippen LogP contribution in [0.25, 0.3) is 10.9 Å². The summed E-state index contributed by atoms with van der Waals surface area (Å²) >= 11 is 3.42. The maximum absolute atomic E-state index is 12.6. The third-order valence-corrected chi connectivity index (χ3v) is 3.74. The summed E-state index contributed by atoms with van der Waals surface area (Å²) in [6.07, 6.45) is 1.75. The summed E-state index contributed by atoms with van der Waals surface area (Å²) < 4.78 is 0.977. The van der Waals surface area contributed by atoms with E-state index >= 15 is 0 Å². The number of nitrogens with one attached hydrogen (secondary N) is 1. The molecule has 0 aliphatic heterocycles. The number of carbonyl (C=O) groups excluding carboxylic acids is 1. The van der Waals surface area contributed by atoms with Gasteiger partial charge in [0.15, 0.2) is 5.78 Å². The van der Waals surface area contributed by atoms with Crippen LogP contribution in [-0.4, -0.2) is 10.8 Å². The summed E-state index contributed by atoms with van der Waals surface area (Å²) in [7, 11) is 0. The second kappa shape index (κ2) is 4.80. The molecule has 0 unspecified atom stereocenters. The molecule has 20 heavy (non-hydrogen) atoms. The number of carbonyl (C=O) groups is 1. The molecule has 3 N–H and O–H groups in total. The van der Waals surface area contributed by atoms with Gasteiger partial charge in [0.1, 0.15) is 0 Å². The largest absolute Gasteiger partial charge is 0.399 e. The van der Waals surface area contributed by atoms with Gasteiger partial charge in [0.25, 0.3) is 0 Å². The van der Waals surface area contributed by atoms with E-state index in [1.165, 1.54) is 0 Å². The van der Waals surface area contributed by atoms with Crippen molar-refractivity contribution in [1.29, 1.82) is 0 Å². The van der Waals surface area contributed by atoms with Gasteiger partial charge in [0.2, 0.25) is 0 Å². The predicted molar refractivity (Wildman–Crippen MR) is 85.0 cm³/mol. The number of ketones is 1. The van der Waals surface area contributed by atoms with E-state index in [-0.39, 0.29) is 5.78 Å². The van der Waals surface area contributed by atoms with Crippen LogP contribution in [0, 0.1) is 6.92 Å². The summed E-state index contributed by atoms with van der Waals surface area (Å²) in [5.41, 5.74) is 9.62. The molecular formula is C16H13BrN2O. The fraction of sp³-hybridized carbons (Fsp3) is 0.0625. The SMILES string of the molecule is Cc1cc(N)cc(C(=O)c2c[nH]c3cc(Br)ccc23)c1. The van der Waals surface area contributed by atoms with Gasteiger partial charge in [-0.25, -0.2) is 0 Å². The Balaban J connectivity index is 2.12. The average Bonchev–Trinajstić information content (AvgIpc) is 2.79. The number of aryl methyl sites for hydroxylation is 1. The number of benzene rings is 2. The molecule has 0 fully saturated rings. The van der Waals surface area contributed by atoms with Gasteiger partial charge in [0, 0.05) is 38.4 Å². The van der Waals surface area contributed by atoms with Crippen molar-refractivity contribution < 1.29 is 4.79 Å². The van der Waals surface area contributed by atoms with Crippen LogP contribution < -0.4 is 5.73 Å². The Morgan fingerprint density at radius 1 is 1.20 bits per heavy atom. The molecule has 0 spiro atoms. The van der Waals surface area contributed by atoms with Crippen molar-refractivity contribution in [2.24, 2.45) is 0 Å². The second-order valence-electron chi connectivity index (χ2n) is 4.85. The molecule has 0 aliphatic carbocycles. The van der Waals surface area contributed by atoms with E-state index in [9.17, 15) is 4.79 Å². The normalized spacial score (nSPS) is 10.9. The van der Waals surface area contributed by atoms with Crippen LogP contribution in [-0.2, 0) is 0 Å². The second-order valence-corrected chi connectivity index (χ2v) is 5.77. The third-order valence-electron chi connectivity index (χ3n) is 3.25. The van der Waals surface area contributed by atoms with Crippen molar-refractivity contribution in [2.75, 3.05) is 5.73 Å². The predicted octanol–water partition coefficient (Wildman–Crippen LogP) is 4.05. The third kappa shape index (κ3) is 2.23. The minimum atomic E-state index is -0.0195. The van der Waals surface area contributed by atoms with Gasteiger partial charge in [-0.1, -0.05) is 22.0 Å². The molecule has 100 valence electrons. The molecular weight excluding hydrogens is 316 g/mol. The molecule has 1 aromatic heterocycles. The number of anilines is 1. The lowest BCUT2D eigenvalue weighted by Crippen LogP contribution is -2.02. The average molecular weight is 329 g/mol. The summed E-state index contributed by atoms with van der Waals surface area (Å²) in [4.78, 5) is 15.8. The zero-order chi connectivity index (χ0) is 14.3. The molecule has 0 amide bonds. The Bertz CT molecular complexity index is 800. The lowest BCUT2D eigenvalue weighted by molar-refractivity contribution is 0.104. The Labute approximate surface area is 124 Å². The molecule has 0 bridgehead atoms. The van der Waals surface area contributed by atoms with Gasteiger partial charge in [-0.2, -0.15) is 0 Å². The van der Waals surface area contributed by atoms with Crippen molar-refractivity contribution in [3.63, 3.8) is 0 Å². The van der Waals surface area contributed by atoms with Crippen LogP contribution in [0.2, 0.25) is 0 Å². The van der Waals surface area contributed by atoms with Crippen LogP contribution in [0.1, 0.15) is 21.5 Å². The summed E-state index contributed by atoms with van der Waals surface area (Å²) in [5.74, 6) is -0.0195. The highest BCUT2D eigenvalue weighted by molar-refractivity contribution is 9.10. The van der Waals surface area contributed by atoms with Gasteiger partial charge in [-0.05, 0) is 42.8 Å². The lowest BCUT2D eigenvalue weighted by Gasteiger charge is -2.03. The molecule has 3 nitrogen and oxygen atoms in total. The van der Waals surface area contributed by atoms with Crippen LogP contribution in [0.3, 0.4) is 0 Å².